The van der Waals surface area contributed by atoms with Crippen LogP contribution in [0.25, 0.3) is 0 Å². The van der Waals surface area contributed by atoms with Crippen molar-refractivity contribution >= 4 is 43.5 Å². The lowest BCUT2D eigenvalue weighted by atomic mass is 10.0. The molecular weight excluding hydrogens is 375 g/mol. The highest BCUT2D eigenvalue weighted by Gasteiger charge is 2.13. The zero-order chi connectivity index (χ0) is 13.1. The third-order valence-corrected chi connectivity index (χ3v) is 4.83. The Bertz CT molecular complexity index is 552. The van der Waals surface area contributed by atoms with Crippen LogP contribution in [0.4, 0.5) is 0 Å². The molecule has 3 heteroatoms. The summed E-state index contributed by atoms with van der Waals surface area (Å²) in [5.74, 6) is 0. The van der Waals surface area contributed by atoms with E-state index in [4.69, 9.17) is 11.6 Å². The first-order valence-electron chi connectivity index (χ1n) is 5.71. The first-order valence-corrected chi connectivity index (χ1v) is 7.73. The van der Waals surface area contributed by atoms with E-state index in [1.54, 1.807) is 0 Å². The van der Waals surface area contributed by atoms with Gasteiger partial charge in [-0.3, -0.25) is 0 Å². The summed E-state index contributed by atoms with van der Waals surface area (Å²) in [5.41, 5.74) is 3.60. The van der Waals surface area contributed by atoms with Gasteiger partial charge in [-0.25, -0.2) is 0 Å². The summed E-state index contributed by atoms with van der Waals surface area (Å²) in [5, 5.41) is -0.0198. The molecule has 0 amide bonds. The van der Waals surface area contributed by atoms with Crippen LogP contribution in [0.1, 0.15) is 22.1 Å². The molecule has 0 heterocycles. The van der Waals surface area contributed by atoms with Gasteiger partial charge in [0.1, 0.15) is 0 Å². The standard InChI is InChI=1S/C15H13Br2Cl/c1-10-4-2-7-13(15(10)17)14(18)9-11-5-3-6-12(16)8-11/h2-8,14H,9H2,1H3. The van der Waals surface area contributed by atoms with Gasteiger partial charge in [0.15, 0.2) is 0 Å². The molecular formula is C15H13Br2Cl. The highest BCUT2D eigenvalue weighted by molar-refractivity contribution is 9.10. The molecule has 0 radical (unpaired) electrons. The van der Waals surface area contributed by atoms with Gasteiger partial charge >= 0.3 is 0 Å². The lowest BCUT2D eigenvalue weighted by Gasteiger charge is -2.13. The first kappa shape index (κ1) is 14.1. The maximum absolute atomic E-state index is 6.53. The van der Waals surface area contributed by atoms with Crippen LogP contribution in [0, 0.1) is 6.92 Å². The van der Waals surface area contributed by atoms with Crippen molar-refractivity contribution < 1.29 is 0 Å². The molecule has 0 saturated heterocycles. The predicted octanol–water partition coefficient (Wildman–Crippen LogP) is 6.04. The molecule has 2 aromatic rings. The van der Waals surface area contributed by atoms with E-state index in [-0.39, 0.29) is 5.38 Å². The maximum Gasteiger partial charge on any atom is 0.0636 e. The van der Waals surface area contributed by atoms with E-state index in [0.29, 0.717) is 0 Å². The van der Waals surface area contributed by atoms with E-state index >= 15 is 0 Å². The van der Waals surface area contributed by atoms with Gasteiger partial charge in [0.2, 0.25) is 0 Å². The molecule has 1 unspecified atom stereocenters. The van der Waals surface area contributed by atoms with E-state index in [9.17, 15) is 0 Å². The number of halogens is 3. The van der Waals surface area contributed by atoms with Gasteiger partial charge in [0.25, 0.3) is 0 Å². The van der Waals surface area contributed by atoms with Crippen LogP contribution in [0.2, 0.25) is 0 Å². The Morgan fingerprint density at radius 1 is 1.11 bits per heavy atom. The van der Waals surface area contributed by atoms with E-state index in [2.05, 4.69) is 63.0 Å². The average molecular weight is 389 g/mol. The van der Waals surface area contributed by atoms with Gasteiger partial charge in [-0.05, 0) is 42.2 Å². The summed E-state index contributed by atoms with van der Waals surface area (Å²) >= 11 is 13.6. The van der Waals surface area contributed by atoms with Crippen LogP contribution >= 0.6 is 43.5 Å². The smallest absolute Gasteiger partial charge is 0.0636 e. The highest BCUT2D eigenvalue weighted by Crippen LogP contribution is 2.33. The molecule has 1 atom stereocenters. The molecule has 94 valence electrons. The molecule has 0 nitrogen and oxygen atoms in total. The monoisotopic (exact) mass is 386 g/mol. The maximum atomic E-state index is 6.53. The average Bonchev–Trinajstić information content (AvgIpc) is 2.32. The molecule has 0 N–H and O–H groups in total. The third-order valence-electron chi connectivity index (χ3n) is 2.86. The Morgan fingerprint density at radius 3 is 2.56 bits per heavy atom. The summed E-state index contributed by atoms with van der Waals surface area (Å²) in [4.78, 5) is 0. The zero-order valence-electron chi connectivity index (χ0n) is 9.96. The third kappa shape index (κ3) is 3.37. The number of hydrogen-bond donors (Lipinski definition) is 0. The van der Waals surface area contributed by atoms with E-state index < -0.39 is 0 Å². The highest BCUT2D eigenvalue weighted by atomic mass is 79.9. The molecule has 0 saturated carbocycles. The Balaban J connectivity index is 2.22. The summed E-state index contributed by atoms with van der Waals surface area (Å²) in [6.45, 7) is 2.08. The van der Waals surface area contributed by atoms with Crippen LogP contribution in [0.15, 0.2) is 51.4 Å². The molecule has 0 bridgehead atoms. The van der Waals surface area contributed by atoms with E-state index in [0.717, 1.165) is 20.9 Å². The second-order valence-electron chi connectivity index (χ2n) is 4.28. The van der Waals surface area contributed by atoms with Gasteiger partial charge in [-0.2, -0.15) is 0 Å². The van der Waals surface area contributed by atoms with Crippen molar-refractivity contribution in [3.05, 3.63) is 68.1 Å². The van der Waals surface area contributed by atoms with Gasteiger partial charge in [0, 0.05) is 8.95 Å². The fourth-order valence-electron chi connectivity index (χ4n) is 1.89. The van der Waals surface area contributed by atoms with Crippen molar-refractivity contribution in [3.8, 4) is 0 Å². The van der Waals surface area contributed by atoms with Crippen molar-refractivity contribution in [2.45, 2.75) is 18.7 Å². The van der Waals surface area contributed by atoms with Gasteiger partial charge in [-0.15, -0.1) is 11.6 Å². The SMILES string of the molecule is Cc1cccc(C(Cl)Cc2cccc(Br)c2)c1Br. The lowest BCUT2D eigenvalue weighted by molar-refractivity contribution is 0.911. The van der Waals surface area contributed by atoms with Crippen molar-refractivity contribution in [2.75, 3.05) is 0 Å². The Hall–Kier alpha value is -0.310. The van der Waals surface area contributed by atoms with Crippen LogP contribution in [-0.4, -0.2) is 0 Å². The summed E-state index contributed by atoms with van der Waals surface area (Å²) < 4.78 is 2.20. The minimum absolute atomic E-state index is 0.0198. The largest absolute Gasteiger partial charge is 0.117 e. The predicted molar refractivity (Wildman–Crippen MR) is 85.3 cm³/mol. The molecule has 0 aromatic heterocycles. The van der Waals surface area contributed by atoms with Crippen LogP contribution in [-0.2, 0) is 6.42 Å². The second kappa shape index (κ2) is 6.23. The quantitative estimate of drug-likeness (QED) is 0.562. The molecule has 18 heavy (non-hydrogen) atoms. The second-order valence-corrected chi connectivity index (χ2v) is 6.52. The number of benzene rings is 2. The fraction of sp³-hybridized carbons (Fsp3) is 0.200. The summed E-state index contributed by atoms with van der Waals surface area (Å²) in [6.07, 6.45) is 0.822. The minimum atomic E-state index is -0.0198. The van der Waals surface area contributed by atoms with Gasteiger partial charge in [-0.1, -0.05) is 62.2 Å². The van der Waals surface area contributed by atoms with E-state index in [1.807, 2.05) is 18.2 Å². The Kier molecular flexibility index (Phi) is 4.88. The zero-order valence-corrected chi connectivity index (χ0v) is 13.9. The van der Waals surface area contributed by atoms with Crippen molar-refractivity contribution in [1.82, 2.24) is 0 Å². The molecule has 0 spiro atoms. The van der Waals surface area contributed by atoms with Crippen molar-refractivity contribution in [3.63, 3.8) is 0 Å². The fourth-order valence-corrected chi connectivity index (χ4v) is 3.37. The molecule has 0 aliphatic rings. The summed E-state index contributed by atoms with van der Waals surface area (Å²) in [7, 11) is 0. The number of rotatable bonds is 3. The Morgan fingerprint density at radius 2 is 1.83 bits per heavy atom. The van der Waals surface area contributed by atoms with Gasteiger partial charge in [0.05, 0.1) is 5.38 Å². The summed E-state index contributed by atoms with van der Waals surface area (Å²) in [6, 6.07) is 14.5. The normalized spacial score (nSPS) is 12.4. The number of alkyl halides is 1. The molecule has 2 rings (SSSR count). The number of hydrogen-bond acceptors (Lipinski definition) is 0. The molecule has 2 aromatic carbocycles. The number of aryl methyl sites for hydroxylation is 1. The van der Waals surface area contributed by atoms with Gasteiger partial charge < -0.3 is 0 Å². The van der Waals surface area contributed by atoms with Crippen molar-refractivity contribution in [2.24, 2.45) is 0 Å². The van der Waals surface area contributed by atoms with E-state index in [1.165, 1.54) is 11.1 Å². The minimum Gasteiger partial charge on any atom is -0.117 e. The van der Waals surface area contributed by atoms with Crippen LogP contribution in [0.5, 0.6) is 0 Å². The lowest BCUT2D eigenvalue weighted by Crippen LogP contribution is -1.98. The first-order chi connectivity index (χ1) is 8.58. The molecule has 0 fully saturated rings. The molecule has 0 aliphatic carbocycles. The van der Waals surface area contributed by atoms with Crippen molar-refractivity contribution in [1.29, 1.82) is 0 Å². The topological polar surface area (TPSA) is 0 Å². The van der Waals surface area contributed by atoms with Crippen LogP contribution in [0.3, 0.4) is 0 Å². The van der Waals surface area contributed by atoms with Crippen LogP contribution < -0.4 is 0 Å². The Labute approximate surface area is 130 Å². The molecule has 0 aliphatic heterocycles.